The summed E-state index contributed by atoms with van der Waals surface area (Å²) in [6, 6.07) is 10.7. The molecule has 0 radical (unpaired) electrons. The van der Waals surface area contributed by atoms with Gasteiger partial charge in [-0.15, -0.1) is 0 Å². The van der Waals surface area contributed by atoms with Gasteiger partial charge in [-0.3, -0.25) is 9.59 Å². The fourth-order valence-corrected chi connectivity index (χ4v) is 3.35. The molecule has 0 aromatic heterocycles. The quantitative estimate of drug-likeness (QED) is 0.826. The van der Waals surface area contributed by atoms with E-state index in [1.807, 2.05) is 25.1 Å². The number of nitrogens with zero attached hydrogens (tertiary/aromatic N) is 2. The predicted molar refractivity (Wildman–Crippen MR) is 111 cm³/mol. The first kappa shape index (κ1) is 19.3. The van der Waals surface area contributed by atoms with Gasteiger partial charge in [0.2, 0.25) is 5.91 Å². The zero-order valence-corrected chi connectivity index (χ0v) is 16.7. The van der Waals surface area contributed by atoms with Crippen LogP contribution in [0, 0.1) is 6.92 Å². The molecule has 0 saturated carbocycles. The van der Waals surface area contributed by atoms with Gasteiger partial charge < -0.3 is 14.8 Å². The molecule has 0 spiro atoms. The molecule has 2 aromatic carbocycles. The van der Waals surface area contributed by atoms with Crippen molar-refractivity contribution in [3.05, 3.63) is 47.0 Å². The summed E-state index contributed by atoms with van der Waals surface area (Å²) in [4.78, 5) is 25.1. The molecule has 7 nitrogen and oxygen atoms in total. The van der Waals surface area contributed by atoms with Crippen LogP contribution in [0.3, 0.4) is 0 Å². The van der Waals surface area contributed by atoms with Crippen LogP contribution in [0.15, 0.2) is 41.5 Å². The molecule has 0 unspecified atom stereocenters. The molecule has 1 N–H and O–H groups in total. The van der Waals surface area contributed by atoms with Gasteiger partial charge in [-0.1, -0.05) is 23.7 Å². The number of fused-ring (bicyclic) bond motifs is 1. The molecular weight excluding hydrogens is 394 g/mol. The molecule has 2 heterocycles. The van der Waals surface area contributed by atoms with E-state index in [-0.39, 0.29) is 24.5 Å². The number of anilines is 2. The van der Waals surface area contributed by atoms with Crippen LogP contribution in [0.2, 0.25) is 5.02 Å². The Hall–Kier alpha value is -3.06. The molecule has 0 fully saturated rings. The van der Waals surface area contributed by atoms with Crippen molar-refractivity contribution < 1.29 is 19.1 Å². The highest BCUT2D eigenvalue weighted by molar-refractivity contribution is 6.45. The number of amides is 2. The lowest BCUT2D eigenvalue weighted by atomic mass is 10.1. The number of rotatable bonds is 3. The Morgan fingerprint density at radius 1 is 1.14 bits per heavy atom. The Labute approximate surface area is 173 Å². The number of hydrogen-bond donors (Lipinski definition) is 1. The lowest BCUT2D eigenvalue weighted by molar-refractivity contribution is -0.118. The Morgan fingerprint density at radius 2 is 1.90 bits per heavy atom. The molecule has 0 bridgehead atoms. The second-order valence-electron chi connectivity index (χ2n) is 6.87. The zero-order chi connectivity index (χ0) is 20.4. The Kier molecular flexibility index (Phi) is 5.40. The van der Waals surface area contributed by atoms with Crippen molar-refractivity contribution in [3.63, 3.8) is 0 Å². The third kappa shape index (κ3) is 4.19. The molecular formula is C21H20ClN3O4. The van der Waals surface area contributed by atoms with Gasteiger partial charge in [0.05, 0.1) is 29.6 Å². The topological polar surface area (TPSA) is 80.2 Å². The van der Waals surface area contributed by atoms with Gasteiger partial charge in [0, 0.05) is 31.4 Å². The van der Waals surface area contributed by atoms with Gasteiger partial charge in [-0.2, -0.15) is 5.10 Å². The van der Waals surface area contributed by atoms with Crippen molar-refractivity contribution >= 4 is 40.5 Å². The Morgan fingerprint density at radius 3 is 2.66 bits per heavy atom. The van der Waals surface area contributed by atoms with Gasteiger partial charge >= 0.3 is 0 Å². The van der Waals surface area contributed by atoms with Gasteiger partial charge in [-0.25, -0.2) is 5.01 Å². The van der Waals surface area contributed by atoms with E-state index in [4.69, 9.17) is 21.1 Å². The molecule has 0 atom stereocenters. The summed E-state index contributed by atoms with van der Waals surface area (Å²) < 4.78 is 11.3. The molecule has 2 aromatic rings. The van der Waals surface area contributed by atoms with Gasteiger partial charge in [-0.05, 0) is 24.6 Å². The van der Waals surface area contributed by atoms with Crippen molar-refractivity contribution in [1.29, 1.82) is 0 Å². The summed E-state index contributed by atoms with van der Waals surface area (Å²) in [5.41, 5.74) is 2.30. The SMILES string of the molecule is Cc1cccc(N2N=C(C(=O)Nc3cc4c(cc3Cl)OCCCO4)CCC2=O)c1. The van der Waals surface area contributed by atoms with Crippen LogP contribution < -0.4 is 19.8 Å². The molecule has 0 aliphatic carbocycles. The number of aryl methyl sites for hydroxylation is 1. The number of nitrogens with one attached hydrogen (secondary N) is 1. The average Bonchev–Trinajstić information content (AvgIpc) is 2.93. The van der Waals surface area contributed by atoms with E-state index in [1.165, 1.54) is 5.01 Å². The smallest absolute Gasteiger partial charge is 0.271 e. The second kappa shape index (κ2) is 8.13. The van der Waals surface area contributed by atoms with Crippen LogP contribution in [0.1, 0.15) is 24.8 Å². The maximum atomic E-state index is 12.8. The first-order chi connectivity index (χ1) is 14.0. The highest BCUT2D eigenvalue weighted by Crippen LogP contribution is 2.37. The minimum atomic E-state index is -0.411. The normalized spacial score (nSPS) is 16.1. The molecule has 29 heavy (non-hydrogen) atoms. The molecule has 2 amide bonds. The Balaban J connectivity index is 1.57. The summed E-state index contributed by atoms with van der Waals surface area (Å²) in [6.07, 6.45) is 1.23. The summed E-state index contributed by atoms with van der Waals surface area (Å²) in [6.45, 7) is 3.01. The molecule has 0 saturated heterocycles. The van der Waals surface area contributed by atoms with E-state index in [0.717, 1.165) is 12.0 Å². The standard InChI is InChI=1S/C21H20ClN3O4/c1-13-4-2-5-14(10-13)25-20(26)7-6-16(24-25)21(27)23-17-12-19-18(11-15(17)22)28-8-3-9-29-19/h2,4-5,10-12H,3,6-9H2,1H3,(H,23,27). The van der Waals surface area contributed by atoms with Gasteiger partial charge in [0.1, 0.15) is 5.71 Å². The largest absolute Gasteiger partial charge is 0.490 e. The fraction of sp³-hybridized carbons (Fsp3) is 0.286. The minimum absolute atomic E-state index is 0.152. The van der Waals surface area contributed by atoms with Crippen LogP contribution in [-0.2, 0) is 9.59 Å². The Bertz CT molecular complexity index is 1010. The van der Waals surface area contributed by atoms with E-state index < -0.39 is 5.91 Å². The summed E-state index contributed by atoms with van der Waals surface area (Å²) in [5.74, 6) is 0.522. The number of hydrazone groups is 1. The van der Waals surface area contributed by atoms with Crippen molar-refractivity contribution in [2.45, 2.75) is 26.2 Å². The average molecular weight is 414 g/mol. The van der Waals surface area contributed by atoms with Crippen LogP contribution in [0.25, 0.3) is 0 Å². The summed E-state index contributed by atoms with van der Waals surface area (Å²) >= 11 is 6.31. The van der Waals surface area contributed by atoms with Crippen LogP contribution in [0.5, 0.6) is 11.5 Å². The second-order valence-corrected chi connectivity index (χ2v) is 7.28. The molecule has 4 rings (SSSR count). The minimum Gasteiger partial charge on any atom is -0.490 e. The van der Waals surface area contributed by atoms with E-state index in [9.17, 15) is 9.59 Å². The zero-order valence-electron chi connectivity index (χ0n) is 15.9. The summed E-state index contributed by atoms with van der Waals surface area (Å²) in [5, 5.41) is 8.68. The van der Waals surface area contributed by atoms with Crippen molar-refractivity contribution in [1.82, 2.24) is 0 Å². The summed E-state index contributed by atoms with van der Waals surface area (Å²) in [7, 11) is 0. The molecule has 8 heteroatoms. The number of carbonyl (C=O) groups is 2. The monoisotopic (exact) mass is 413 g/mol. The molecule has 2 aliphatic heterocycles. The number of ether oxygens (including phenoxy) is 2. The van der Waals surface area contributed by atoms with Gasteiger partial charge in [0.15, 0.2) is 11.5 Å². The van der Waals surface area contributed by atoms with Crippen molar-refractivity contribution in [2.24, 2.45) is 5.10 Å². The number of hydrogen-bond acceptors (Lipinski definition) is 5. The van der Waals surface area contributed by atoms with Crippen LogP contribution in [0.4, 0.5) is 11.4 Å². The third-order valence-electron chi connectivity index (χ3n) is 4.63. The van der Waals surface area contributed by atoms with Crippen molar-refractivity contribution in [3.8, 4) is 11.5 Å². The third-order valence-corrected chi connectivity index (χ3v) is 4.94. The van der Waals surface area contributed by atoms with E-state index >= 15 is 0 Å². The lowest BCUT2D eigenvalue weighted by Crippen LogP contribution is -2.36. The van der Waals surface area contributed by atoms with Crippen LogP contribution >= 0.6 is 11.6 Å². The molecule has 2 aliphatic rings. The van der Waals surface area contributed by atoms with Crippen molar-refractivity contribution in [2.75, 3.05) is 23.5 Å². The maximum Gasteiger partial charge on any atom is 0.271 e. The van der Waals surface area contributed by atoms with E-state index in [2.05, 4.69) is 10.4 Å². The highest BCUT2D eigenvalue weighted by Gasteiger charge is 2.26. The number of halogens is 1. The van der Waals surface area contributed by atoms with E-state index in [1.54, 1.807) is 18.2 Å². The first-order valence-electron chi connectivity index (χ1n) is 9.39. The number of benzene rings is 2. The lowest BCUT2D eigenvalue weighted by Gasteiger charge is -2.23. The number of carbonyl (C=O) groups excluding carboxylic acids is 2. The van der Waals surface area contributed by atoms with Crippen LogP contribution in [-0.4, -0.2) is 30.7 Å². The van der Waals surface area contributed by atoms with Gasteiger partial charge in [0.25, 0.3) is 5.91 Å². The molecule has 150 valence electrons. The maximum absolute atomic E-state index is 12.8. The van der Waals surface area contributed by atoms with E-state index in [0.29, 0.717) is 41.1 Å². The predicted octanol–water partition coefficient (Wildman–Crippen LogP) is 3.93. The fourth-order valence-electron chi connectivity index (χ4n) is 3.15. The first-order valence-corrected chi connectivity index (χ1v) is 9.76. The highest BCUT2D eigenvalue weighted by atomic mass is 35.5.